The van der Waals surface area contributed by atoms with Crippen LogP contribution in [0.2, 0.25) is 0 Å². The molecule has 0 fully saturated rings. The summed E-state index contributed by atoms with van der Waals surface area (Å²) in [5, 5.41) is 0. The van der Waals surface area contributed by atoms with Crippen molar-refractivity contribution in [1.82, 2.24) is 0 Å². The van der Waals surface area contributed by atoms with Crippen molar-refractivity contribution in [2.45, 2.75) is 5.41 Å². The standard InChI is InChI=1S/C61H42N2/c1-5-19-43(20-6-1)44-33-37-50(38-34-44)63(48-25-11-4-12-26-48)60-51(45-35-39-49(40-36-45)62(46-21-7-2-8-22-46)47-23-9-3-10-24-47)41-42-55-54-29-15-18-32-58(54)61(59(55)60)56-30-16-13-27-52(56)53-28-14-17-31-57(53)61/h1-42H. The van der Waals surface area contributed by atoms with E-state index in [1.807, 2.05) is 0 Å². The molecule has 0 saturated carbocycles. The largest absolute Gasteiger partial charge is 0.311 e. The molecule has 0 heterocycles. The fraction of sp³-hybridized carbons (Fsp3) is 0.0164. The van der Waals surface area contributed by atoms with E-state index in [0.29, 0.717) is 0 Å². The van der Waals surface area contributed by atoms with Crippen LogP contribution in [0.5, 0.6) is 0 Å². The zero-order valence-corrected chi connectivity index (χ0v) is 34.6. The minimum Gasteiger partial charge on any atom is -0.311 e. The molecule has 2 aliphatic carbocycles. The van der Waals surface area contributed by atoms with E-state index in [-0.39, 0.29) is 0 Å². The molecule has 0 amide bonds. The van der Waals surface area contributed by atoms with Crippen LogP contribution in [0.4, 0.5) is 34.1 Å². The van der Waals surface area contributed by atoms with Gasteiger partial charge in [-0.1, -0.05) is 194 Å². The molecule has 0 saturated heterocycles. The van der Waals surface area contributed by atoms with E-state index in [0.717, 1.165) is 39.6 Å². The molecule has 0 unspecified atom stereocenters. The van der Waals surface area contributed by atoms with Crippen LogP contribution in [0.15, 0.2) is 255 Å². The van der Waals surface area contributed by atoms with Gasteiger partial charge in [0, 0.05) is 39.6 Å². The van der Waals surface area contributed by atoms with Crippen LogP contribution in [0.1, 0.15) is 22.3 Å². The number of benzene rings is 10. The SMILES string of the molecule is c1ccc(-c2ccc(N(c3ccccc3)c3c(-c4ccc(N(c5ccccc5)c5ccccc5)cc4)ccc4c3C3(c5ccccc5-c5ccccc53)c3ccccc3-4)cc2)cc1. The summed E-state index contributed by atoms with van der Waals surface area (Å²) in [4.78, 5) is 4.85. The fourth-order valence-corrected chi connectivity index (χ4v) is 10.4. The highest BCUT2D eigenvalue weighted by atomic mass is 15.2. The van der Waals surface area contributed by atoms with Gasteiger partial charge in [0.25, 0.3) is 0 Å². The van der Waals surface area contributed by atoms with Crippen molar-refractivity contribution in [3.05, 3.63) is 277 Å². The number of rotatable bonds is 8. The maximum atomic E-state index is 2.52. The number of fused-ring (bicyclic) bond motifs is 10. The third kappa shape index (κ3) is 5.80. The van der Waals surface area contributed by atoms with E-state index in [1.165, 1.54) is 61.3 Å². The average molecular weight is 803 g/mol. The van der Waals surface area contributed by atoms with Crippen molar-refractivity contribution >= 4 is 34.1 Å². The zero-order valence-electron chi connectivity index (χ0n) is 34.6. The van der Waals surface area contributed by atoms with Crippen LogP contribution < -0.4 is 9.80 Å². The van der Waals surface area contributed by atoms with Gasteiger partial charge in [-0.15, -0.1) is 0 Å². The minimum absolute atomic E-state index is 0.571. The number of anilines is 6. The Hall–Kier alpha value is -8.20. The molecule has 10 aromatic carbocycles. The Morgan fingerprint density at radius 2 is 0.556 bits per heavy atom. The summed E-state index contributed by atoms with van der Waals surface area (Å²) in [7, 11) is 0. The number of hydrogen-bond donors (Lipinski definition) is 0. The lowest BCUT2D eigenvalue weighted by Gasteiger charge is -2.37. The summed E-state index contributed by atoms with van der Waals surface area (Å²) in [6.07, 6.45) is 0. The predicted molar refractivity (Wildman–Crippen MR) is 263 cm³/mol. The maximum absolute atomic E-state index is 2.52. The second kappa shape index (κ2) is 15.1. The van der Waals surface area contributed by atoms with Crippen LogP contribution >= 0.6 is 0 Å². The van der Waals surface area contributed by atoms with Crippen molar-refractivity contribution in [2.24, 2.45) is 0 Å². The molecule has 2 nitrogen and oxygen atoms in total. The van der Waals surface area contributed by atoms with Crippen LogP contribution in [-0.4, -0.2) is 0 Å². The van der Waals surface area contributed by atoms with E-state index in [1.54, 1.807) is 0 Å². The Bertz CT molecular complexity index is 3150. The normalized spacial score (nSPS) is 12.6. The Morgan fingerprint density at radius 1 is 0.222 bits per heavy atom. The zero-order chi connectivity index (χ0) is 41.7. The Morgan fingerprint density at radius 3 is 1.05 bits per heavy atom. The lowest BCUT2D eigenvalue weighted by molar-refractivity contribution is 0.793. The Kier molecular flexibility index (Phi) is 8.76. The van der Waals surface area contributed by atoms with Gasteiger partial charge in [-0.3, -0.25) is 0 Å². The van der Waals surface area contributed by atoms with Gasteiger partial charge in [0.15, 0.2) is 0 Å². The van der Waals surface area contributed by atoms with E-state index in [4.69, 9.17) is 0 Å². The molecule has 296 valence electrons. The molecule has 0 aliphatic heterocycles. The molecule has 0 N–H and O–H groups in total. The first-order valence-corrected chi connectivity index (χ1v) is 21.8. The second-order valence-corrected chi connectivity index (χ2v) is 16.4. The molecule has 2 aliphatic rings. The highest BCUT2D eigenvalue weighted by Gasteiger charge is 2.53. The molecule has 12 rings (SSSR count). The first kappa shape index (κ1) is 36.6. The summed E-state index contributed by atoms with van der Waals surface area (Å²) in [6, 6.07) is 93.2. The van der Waals surface area contributed by atoms with E-state index < -0.39 is 5.41 Å². The van der Waals surface area contributed by atoms with Gasteiger partial charge >= 0.3 is 0 Å². The van der Waals surface area contributed by atoms with Crippen LogP contribution in [0.3, 0.4) is 0 Å². The van der Waals surface area contributed by atoms with E-state index in [9.17, 15) is 0 Å². The first-order chi connectivity index (χ1) is 31.3. The molecule has 0 aromatic heterocycles. The fourth-order valence-electron chi connectivity index (χ4n) is 10.4. The Balaban J connectivity index is 1.15. The van der Waals surface area contributed by atoms with Crippen LogP contribution in [-0.2, 0) is 5.41 Å². The molecule has 1 spiro atoms. The van der Waals surface area contributed by atoms with Gasteiger partial charge in [0.1, 0.15) is 0 Å². The van der Waals surface area contributed by atoms with Crippen LogP contribution in [0.25, 0.3) is 44.5 Å². The molecule has 0 atom stereocenters. The number of nitrogens with zero attached hydrogens (tertiary/aromatic N) is 2. The number of hydrogen-bond acceptors (Lipinski definition) is 2. The van der Waals surface area contributed by atoms with E-state index >= 15 is 0 Å². The molecule has 0 bridgehead atoms. The monoisotopic (exact) mass is 802 g/mol. The first-order valence-electron chi connectivity index (χ1n) is 21.8. The maximum Gasteiger partial charge on any atom is 0.0746 e. The van der Waals surface area contributed by atoms with Gasteiger partial charge in [-0.05, 0) is 116 Å². The summed E-state index contributed by atoms with van der Waals surface area (Å²) >= 11 is 0. The van der Waals surface area contributed by atoms with Gasteiger partial charge in [-0.2, -0.15) is 0 Å². The van der Waals surface area contributed by atoms with Crippen molar-refractivity contribution in [3.8, 4) is 44.5 Å². The smallest absolute Gasteiger partial charge is 0.0746 e. The van der Waals surface area contributed by atoms with Crippen molar-refractivity contribution in [2.75, 3.05) is 9.80 Å². The summed E-state index contributed by atoms with van der Waals surface area (Å²) in [6.45, 7) is 0. The average Bonchev–Trinajstić information content (AvgIpc) is 3.83. The molecule has 63 heavy (non-hydrogen) atoms. The van der Waals surface area contributed by atoms with Gasteiger partial charge in [-0.25, -0.2) is 0 Å². The molecule has 2 heteroatoms. The van der Waals surface area contributed by atoms with Crippen molar-refractivity contribution < 1.29 is 0 Å². The predicted octanol–water partition coefficient (Wildman–Crippen LogP) is 16.3. The highest BCUT2D eigenvalue weighted by Crippen LogP contribution is 2.66. The molecular weight excluding hydrogens is 761 g/mol. The third-order valence-corrected chi connectivity index (χ3v) is 13.1. The lowest BCUT2D eigenvalue weighted by Crippen LogP contribution is -2.28. The quantitative estimate of drug-likeness (QED) is 0.151. The molecule has 0 radical (unpaired) electrons. The second-order valence-electron chi connectivity index (χ2n) is 16.4. The van der Waals surface area contributed by atoms with Crippen LogP contribution in [0, 0.1) is 0 Å². The minimum atomic E-state index is -0.571. The summed E-state index contributed by atoms with van der Waals surface area (Å²) in [5.41, 5.74) is 21.2. The molecule has 10 aromatic rings. The van der Waals surface area contributed by atoms with Gasteiger partial charge in [0.2, 0.25) is 0 Å². The summed E-state index contributed by atoms with van der Waals surface area (Å²) in [5.74, 6) is 0. The Labute approximate surface area is 369 Å². The van der Waals surface area contributed by atoms with Crippen molar-refractivity contribution in [3.63, 3.8) is 0 Å². The van der Waals surface area contributed by atoms with Gasteiger partial charge in [0.05, 0.1) is 11.1 Å². The van der Waals surface area contributed by atoms with Gasteiger partial charge < -0.3 is 9.80 Å². The highest BCUT2D eigenvalue weighted by molar-refractivity contribution is 6.04. The van der Waals surface area contributed by atoms with Crippen molar-refractivity contribution in [1.29, 1.82) is 0 Å². The summed E-state index contributed by atoms with van der Waals surface area (Å²) < 4.78 is 0. The topological polar surface area (TPSA) is 6.48 Å². The van der Waals surface area contributed by atoms with E-state index in [2.05, 4.69) is 265 Å². The third-order valence-electron chi connectivity index (χ3n) is 13.1. The lowest BCUT2D eigenvalue weighted by atomic mass is 9.69. The molecular formula is C61H42N2. The number of para-hydroxylation sites is 3.